The third kappa shape index (κ3) is 4.76. The largest absolute Gasteiger partial charge is 1.00 e. The fourth-order valence-corrected chi connectivity index (χ4v) is 2.06. The van der Waals surface area contributed by atoms with Crippen molar-refractivity contribution in [3.05, 3.63) is 65.7 Å². The monoisotopic (exact) mass is 279 g/mol. The van der Waals surface area contributed by atoms with Gasteiger partial charge in [-0.2, -0.15) is 0 Å². The van der Waals surface area contributed by atoms with Crippen LogP contribution < -0.4 is 34.7 Å². The van der Waals surface area contributed by atoms with E-state index in [4.69, 9.17) is 0 Å². The zero-order chi connectivity index (χ0) is 12.8. The number of fused-ring (bicyclic) bond motifs is 1. The number of benzene rings is 2. The van der Waals surface area contributed by atoms with Crippen LogP contribution in [-0.4, -0.2) is 11.0 Å². The second-order valence-corrected chi connectivity index (χ2v) is 4.36. The van der Waals surface area contributed by atoms with Gasteiger partial charge in [0, 0.05) is 0 Å². The molecule has 3 rings (SSSR count). The average Bonchev–Trinajstić information content (AvgIpc) is 2.89. The number of carbonyl (C=O) groups is 1. The summed E-state index contributed by atoms with van der Waals surface area (Å²) in [6.45, 7) is 0. The third-order valence-electron chi connectivity index (χ3n) is 2.25. The molecule has 0 fully saturated rings. The molecule has 1 aromatic heterocycles. The van der Waals surface area contributed by atoms with Crippen LogP contribution in [0.3, 0.4) is 0 Å². The normalized spacial score (nSPS) is 9.05. The van der Waals surface area contributed by atoms with Crippen molar-refractivity contribution in [2.75, 3.05) is 0 Å². The second-order valence-electron chi connectivity index (χ2n) is 3.47. The van der Waals surface area contributed by atoms with Crippen molar-refractivity contribution in [1.82, 2.24) is 4.98 Å². The second kappa shape index (κ2) is 8.07. The number of carbonyl (C=O) groups excluding carboxylic acids is 1. The average molecular weight is 279 g/mol. The summed E-state index contributed by atoms with van der Waals surface area (Å²) >= 11 is 1.68. The van der Waals surface area contributed by atoms with E-state index in [1.165, 1.54) is 16.8 Å². The molecule has 3 aromatic rings. The molecule has 1 heterocycles. The molecule has 0 unspecified atom stereocenters. The van der Waals surface area contributed by atoms with Crippen molar-refractivity contribution >= 4 is 27.5 Å². The molecule has 0 atom stereocenters. The molecule has 0 aliphatic rings. The number of rotatable bonds is 1. The Kier molecular flexibility index (Phi) is 6.73. The first-order chi connectivity index (χ1) is 8.77. The summed E-state index contributed by atoms with van der Waals surface area (Å²) in [5.41, 5.74) is 3.19. The molecular formula is C14H10NNaO2S. The first kappa shape index (κ1) is 15.9. The molecule has 90 valence electrons. The Bertz CT molecular complexity index is 610. The Morgan fingerprint density at radius 1 is 1.00 bits per heavy atom. The molecule has 0 bridgehead atoms. The van der Waals surface area contributed by atoms with Gasteiger partial charge in [0.1, 0.15) is 0 Å². The molecule has 0 saturated heterocycles. The van der Waals surface area contributed by atoms with Crippen molar-refractivity contribution in [3.63, 3.8) is 0 Å². The summed E-state index contributed by atoms with van der Waals surface area (Å²) in [5, 5.41) is 10.1. The Labute approximate surface area is 137 Å². The van der Waals surface area contributed by atoms with Gasteiger partial charge >= 0.3 is 29.6 Å². The van der Waals surface area contributed by atoms with Crippen molar-refractivity contribution < 1.29 is 39.5 Å². The van der Waals surface area contributed by atoms with Gasteiger partial charge in [0.25, 0.3) is 0 Å². The quantitative estimate of drug-likeness (QED) is 0.556. The first-order valence-corrected chi connectivity index (χ1v) is 6.20. The predicted molar refractivity (Wildman–Crippen MR) is 70.4 cm³/mol. The Morgan fingerprint density at radius 2 is 1.63 bits per heavy atom. The van der Waals surface area contributed by atoms with E-state index >= 15 is 0 Å². The zero-order valence-corrected chi connectivity index (χ0v) is 13.3. The van der Waals surface area contributed by atoms with Gasteiger partial charge in [-0.25, -0.2) is 4.98 Å². The molecule has 0 aliphatic carbocycles. The van der Waals surface area contributed by atoms with Crippen molar-refractivity contribution in [1.29, 1.82) is 0 Å². The number of para-hydroxylation sites is 1. The van der Waals surface area contributed by atoms with E-state index in [0.29, 0.717) is 0 Å². The summed E-state index contributed by atoms with van der Waals surface area (Å²) in [6.07, 6.45) is 0. The molecule has 2 aromatic carbocycles. The molecule has 0 aliphatic heterocycles. The van der Waals surface area contributed by atoms with Crippen LogP contribution in [0.5, 0.6) is 0 Å². The Morgan fingerprint density at radius 3 is 2.21 bits per heavy atom. The molecular weight excluding hydrogens is 269 g/mol. The van der Waals surface area contributed by atoms with E-state index in [2.05, 4.69) is 11.1 Å². The van der Waals surface area contributed by atoms with Gasteiger partial charge < -0.3 is 9.90 Å². The third-order valence-corrected chi connectivity index (χ3v) is 3.06. The van der Waals surface area contributed by atoms with E-state index in [-0.39, 0.29) is 35.1 Å². The van der Waals surface area contributed by atoms with E-state index in [0.717, 1.165) is 5.52 Å². The smallest absolute Gasteiger partial charge is 0.545 e. The van der Waals surface area contributed by atoms with E-state index < -0.39 is 5.97 Å². The van der Waals surface area contributed by atoms with Crippen molar-refractivity contribution in [2.45, 2.75) is 0 Å². The zero-order valence-electron chi connectivity index (χ0n) is 10.4. The van der Waals surface area contributed by atoms with E-state index in [1.807, 2.05) is 23.7 Å². The van der Waals surface area contributed by atoms with Gasteiger partial charge in [0.05, 0.1) is 21.7 Å². The number of hydrogen-bond donors (Lipinski definition) is 0. The van der Waals surface area contributed by atoms with Gasteiger partial charge in [0.15, 0.2) is 0 Å². The van der Waals surface area contributed by atoms with E-state index in [9.17, 15) is 9.90 Å². The number of thiazole rings is 1. The van der Waals surface area contributed by atoms with Crippen LogP contribution in [0.15, 0.2) is 60.1 Å². The summed E-state index contributed by atoms with van der Waals surface area (Å²) < 4.78 is 1.26. The number of carboxylic acid groups (broad SMARTS) is 1. The SMILES string of the molecule is O=C([O-])c1ccccc1.[Na+].c1ccc2scnc2c1. The molecule has 0 saturated carbocycles. The maximum absolute atomic E-state index is 10.1. The van der Waals surface area contributed by atoms with Crippen LogP contribution in [0, 0.1) is 0 Å². The Hall–Kier alpha value is -1.20. The van der Waals surface area contributed by atoms with Crippen LogP contribution in [0.2, 0.25) is 0 Å². The van der Waals surface area contributed by atoms with Crippen LogP contribution in [-0.2, 0) is 0 Å². The standard InChI is InChI=1S/C7H5NS.C7H6O2.Na/c1-2-4-7-6(3-1)8-5-9-7;8-7(9)6-4-2-1-3-5-6;/h1-5H;1-5H,(H,8,9);/q;;+1/p-1. The number of aromatic nitrogens is 1. The van der Waals surface area contributed by atoms with Gasteiger partial charge in [0.2, 0.25) is 0 Å². The fourth-order valence-electron chi connectivity index (χ4n) is 1.38. The van der Waals surface area contributed by atoms with E-state index in [1.54, 1.807) is 29.5 Å². The minimum Gasteiger partial charge on any atom is -0.545 e. The van der Waals surface area contributed by atoms with Gasteiger partial charge in [-0.05, 0) is 17.7 Å². The first-order valence-electron chi connectivity index (χ1n) is 5.32. The topological polar surface area (TPSA) is 53.0 Å². The summed E-state index contributed by atoms with van der Waals surface area (Å²) in [6, 6.07) is 16.2. The fraction of sp³-hybridized carbons (Fsp3) is 0. The predicted octanol–water partition coefficient (Wildman–Crippen LogP) is -0.650. The van der Waals surface area contributed by atoms with Gasteiger partial charge in [-0.15, -0.1) is 11.3 Å². The van der Waals surface area contributed by atoms with Crippen LogP contribution in [0.4, 0.5) is 0 Å². The van der Waals surface area contributed by atoms with Crippen molar-refractivity contribution in [2.24, 2.45) is 0 Å². The Balaban J connectivity index is 0.000000180. The van der Waals surface area contributed by atoms with Crippen LogP contribution in [0.25, 0.3) is 10.2 Å². The number of hydrogen-bond acceptors (Lipinski definition) is 4. The number of nitrogens with zero attached hydrogens (tertiary/aromatic N) is 1. The molecule has 5 heteroatoms. The summed E-state index contributed by atoms with van der Waals surface area (Å²) in [4.78, 5) is 14.2. The molecule has 0 spiro atoms. The van der Waals surface area contributed by atoms with Crippen molar-refractivity contribution in [3.8, 4) is 0 Å². The number of carboxylic acids is 1. The van der Waals surface area contributed by atoms with Crippen LogP contribution in [0.1, 0.15) is 10.4 Å². The maximum atomic E-state index is 10.1. The van der Waals surface area contributed by atoms with Gasteiger partial charge in [-0.3, -0.25) is 0 Å². The summed E-state index contributed by atoms with van der Waals surface area (Å²) in [7, 11) is 0. The molecule has 0 radical (unpaired) electrons. The van der Waals surface area contributed by atoms with Gasteiger partial charge in [-0.1, -0.05) is 42.5 Å². The molecule has 3 nitrogen and oxygen atoms in total. The minimum atomic E-state index is -1.13. The molecule has 19 heavy (non-hydrogen) atoms. The molecule has 0 amide bonds. The summed E-state index contributed by atoms with van der Waals surface area (Å²) in [5.74, 6) is -1.13. The van der Waals surface area contributed by atoms with Crippen LogP contribution >= 0.6 is 11.3 Å². The minimum absolute atomic E-state index is 0. The maximum Gasteiger partial charge on any atom is 1.00 e. The molecule has 0 N–H and O–H groups in total. The number of aromatic carboxylic acids is 1.